The average molecular weight is 362 g/mol. The fourth-order valence-corrected chi connectivity index (χ4v) is 2.55. The molecule has 3 rings (SSSR count). The number of benzene rings is 2. The quantitative estimate of drug-likeness (QED) is 0.583. The molecule has 3 N–H and O–H groups in total. The number of nitrogens with one attached hydrogen (secondary N) is 3. The maximum absolute atomic E-state index is 12.0. The van der Waals surface area contributed by atoms with E-state index in [1.807, 2.05) is 54.6 Å². The molecule has 0 atom stereocenters. The highest BCUT2D eigenvalue weighted by molar-refractivity contribution is 5.99. The molecule has 0 aliphatic rings. The average Bonchev–Trinajstić information content (AvgIpc) is 2.70. The van der Waals surface area contributed by atoms with Gasteiger partial charge in [0.25, 0.3) is 0 Å². The molecule has 6 nitrogen and oxygen atoms in total. The van der Waals surface area contributed by atoms with Crippen LogP contribution in [0, 0.1) is 0 Å². The van der Waals surface area contributed by atoms with E-state index in [9.17, 15) is 4.79 Å². The van der Waals surface area contributed by atoms with Crippen LogP contribution in [-0.4, -0.2) is 24.7 Å². The van der Waals surface area contributed by atoms with Crippen molar-refractivity contribution in [1.82, 2.24) is 4.98 Å². The van der Waals surface area contributed by atoms with Gasteiger partial charge in [-0.25, -0.2) is 9.78 Å². The highest BCUT2D eigenvalue weighted by Crippen LogP contribution is 2.14. The van der Waals surface area contributed by atoms with Gasteiger partial charge in [0.1, 0.15) is 11.6 Å². The van der Waals surface area contributed by atoms with E-state index in [4.69, 9.17) is 4.74 Å². The number of ether oxygens (including phenoxy) is 1. The Labute approximate surface area is 158 Å². The van der Waals surface area contributed by atoms with Crippen LogP contribution in [0.4, 0.5) is 22.0 Å². The second-order valence-electron chi connectivity index (χ2n) is 5.91. The number of carbonyl (C=O) groups is 1. The van der Waals surface area contributed by atoms with Crippen LogP contribution >= 0.6 is 0 Å². The second-order valence-corrected chi connectivity index (χ2v) is 5.91. The van der Waals surface area contributed by atoms with E-state index in [2.05, 4.69) is 27.0 Å². The molecule has 0 saturated carbocycles. The SMILES string of the molecule is COc1cccc(CCNc2ccc(NC(=O)Nc3ccccc3)nc2)c1. The number of amides is 2. The Morgan fingerprint density at radius 3 is 2.56 bits per heavy atom. The molecular weight excluding hydrogens is 340 g/mol. The van der Waals surface area contributed by atoms with Gasteiger partial charge in [-0.15, -0.1) is 0 Å². The number of hydrogen-bond donors (Lipinski definition) is 3. The number of carbonyl (C=O) groups excluding carboxylic acids is 1. The van der Waals surface area contributed by atoms with E-state index in [0.29, 0.717) is 5.82 Å². The minimum Gasteiger partial charge on any atom is -0.497 e. The molecule has 0 aliphatic carbocycles. The number of aromatic nitrogens is 1. The third kappa shape index (κ3) is 5.74. The Balaban J connectivity index is 1.46. The van der Waals surface area contributed by atoms with Gasteiger partial charge in [0.15, 0.2) is 0 Å². The highest BCUT2D eigenvalue weighted by Gasteiger charge is 2.03. The Morgan fingerprint density at radius 1 is 0.963 bits per heavy atom. The molecule has 138 valence electrons. The lowest BCUT2D eigenvalue weighted by Gasteiger charge is -2.09. The number of para-hydroxylation sites is 1. The molecule has 0 radical (unpaired) electrons. The summed E-state index contributed by atoms with van der Waals surface area (Å²) in [4.78, 5) is 16.2. The van der Waals surface area contributed by atoms with Crippen molar-refractivity contribution in [3.63, 3.8) is 0 Å². The standard InChI is InChI=1S/C21H22N4O2/c1-27-19-9-5-6-16(14-19)12-13-22-18-10-11-20(23-15-18)25-21(26)24-17-7-3-2-4-8-17/h2-11,14-15,22H,12-13H2,1H3,(H2,23,24,25,26). The largest absolute Gasteiger partial charge is 0.497 e. The fraction of sp³-hybridized carbons (Fsp3) is 0.143. The lowest BCUT2D eigenvalue weighted by Crippen LogP contribution is -2.20. The van der Waals surface area contributed by atoms with Gasteiger partial charge >= 0.3 is 6.03 Å². The fourth-order valence-electron chi connectivity index (χ4n) is 2.55. The molecule has 0 aliphatic heterocycles. The second kappa shape index (κ2) is 9.24. The van der Waals surface area contributed by atoms with Gasteiger partial charge < -0.3 is 15.4 Å². The maximum atomic E-state index is 12.0. The van der Waals surface area contributed by atoms with Gasteiger partial charge in [0.2, 0.25) is 0 Å². The van der Waals surface area contributed by atoms with Crippen molar-refractivity contribution >= 4 is 23.2 Å². The van der Waals surface area contributed by atoms with Crippen LogP contribution in [0.3, 0.4) is 0 Å². The summed E-state index contributed by atoms with van der Waals surface area (Å²) >= 11 is 0. The zero-order chi connectivity index (χ0) is 18.9. The van der Waals surface area contributed by atoms with E-state index in [-0.39, 0.29) is 6.03 Å². The zero-order valence-corrected chi connectivity index (χ0v) is 15.1. The van der Waals surface area contributed by atoms with Crippen LogP contribution in [0.25, 0.3) is 0 Å². The molecule has 0 spiro atoms. The van der Waals surface area contributed by atoms with Crippen LogP contribution in [0.5, 0.6) is 5.75 Å². The van der Waals surface area contributed by atoms with Gasteiger partial charge in [0, 0.05) is 12.2 Å². The van der Waals surface area contributed by atoms with E-state index in [1.165, 1.54) is 5.56 Å². The summed E-state index contributed by atoms with van der Waals surface area (Å²) in [6.07, 6.45) is 2.57. The predicted molar refractivity (Wildman–Crippen MR) is 109 cm³/mol. The van der Waals surface area contributed by atoms with Gasteiger partial charge in [-0.05, 0) is 48.4 Å². The third-order valence-corrected chi connectivity index (χ3v) is 3.91. The minimum atomic E-state index is -0.326. The Kier molecular flexibility index (Phi) is 6.25. The van der Waals surface area contributed by atoms with E-state index < -0.39 is 0 Å². The highest BCUT2D eigenvalue weighted by atomic mass is 16.5. The number of hydrogen-bond acceptors (Lipinski definition) is 4. The van der Waals surface area contributed by atoms with Crippen molar-refractivity contribution in [2.45, 2.75) is 6.42 Å². The normalized spacial score (nSPS) is 10.1. The minimum absolute atomic E-state index is 0.326. The Bertz CT molecular complexity index is 867. The molecule has 27 heavy (non-hydrogen) atoms. The first-order chi connectivity index (χ1) is 13.2. The Morgan fingerprint density at radius 2 is 1.81 bits per heavy atom. The molecule has 0 fully saturated rings. The number of nitrogens with zero attached hydrogens (tertiary/aromatic N) is 1. The number of pyridine rings is 1. The van der Waals surface area contributed by atoms with Crippen molar-refractivity contribution in [2.24, 2.45) is 0 Å². The van der Waals surface area contributed by atoms with E-state index in [1.54, 1.807) is 19.4 Å². The molecule has 3 aromatic rings. The Hall–Kier alpha value is -3.54. The summed E-state index contributed by atoms with van der Waals surface area (Å²) in [6.45, 7) is 0.774. The van der Waals surface area contributed by atoms with Crippen LogP contribution < -0.4 is 20.7 Å². The van der Waals surface area contributed by atoms with Crippen molar-refractivity contribution in [1.29, 1.82) is 0 Å². The first-order valence-electron chi connectivity index (χ1n) is 8.69. The van der Waals surface area contributed by atoms with Gasteiger partial charge in [-0.2, -0.15) is 0 Å². The first kappa shape index (κ1) is 18.3. The van der Waals surface area contributed by atoms with Crippen LogP contribution in [0.2, 0.25) is 0 Å². The van der Waals surface area contributed by atoms with E-state index >= 15 is 0 Å². The molecular formula is C21H22N4O2. The molecule has 0 unspecified atom stereocenters. The molecule has 0 saturated heterocycles. The van der Waals surface area contributed by atoms with Crippen molar-refractivity contribution in [3.05, 3.63) is 78.5 Å². The molecule has 1 aromatic heterocycles. The molecule has 1 heterocycles. The first-order valence-corrected chi connectivity index (χ1v) is 8.69. The molecule has 2 amide bonds. The smallest absolute Gasteiger partial charge is 0.324 e. The number of rotatable bonds is 7. The number of urea groups is 1. The zero-order valence-electron chi connectivity index (χ0n) is 15.1. The lowest BCUT2D eigenvalue weighted by atomic mass is 10.1. The van der Waals surface area contributed by atoms with Crippen molar-refractivity contribution in [3.8, 4) is 5.75 Å². The van der Waals surface area contributed by atoms with Gasteiger partial charge in [-0.1, -0.05) is 30.3 Å². The third-order valence-electron chi connectivity index (χ3n) is 3.91. The molecule has 6 heteroatoms. The monoisotopic (exact) mass is 362 g/mol. The van der Waals surface area contributed by atoms with Gasteiger partial charge in [-0.3, -0.25) is 5.32 Å². The van der Waals surface area contributed by atoms with Crippen LogP contribution in [0.1, 0.15) is 5.56 Å². The summed E-state index contributed by atoms with van der Waals surface area (Å²) in [7, 11) is 1.67. The lowest BCUT2D eigenvalue weighted by molar-refractivity contribution is 0.262. The van der Waals surface area contributed by atoms with Crippen LogP contribution in [0.15, 0.2) is 72.9 Å². The predicted octanol–water partition coefficient (Wildman–Crippen LogP) is 4.39. The van der Waals surface area contributed by atoms with Crippen LogP contribution in [-0.2, 0) is 6.42 Å². The number of methoxy groups -OCH3 is 1. The maximum Gasteiger partial charge on any atom is 0.324 e. The molecule has 2 aromatic carbocycles. The summed E-state index contributed by atoms with van der Waals surface area (Å²) < 4.78 is 5.23. The topological polar surface area (TPSA) is 75.3 Å². The van der Waals surface area contributed by atoms with Crippen molar-refractivity contribution < 1.29 is 9.53 Å². The van der Waals surface area contributed by atoms with Gasteiger partial charge in [0.05, 0.1) is 19.0 Å². The van der Waals surface area contributed by atoms with E-state index in [0.717, 1.165) is 30.1 Å². The molecule has 0 bridgehead atoms. The summed E-state index contributed by atoms with van der Waals surface area (Å²) in [5.74, 6) is 1.35. The summed E-state index contributed by atoms with van der Waals surface area (Å²) in [5, 5.41) is 8.78. The summed E-state index contributed by atoms with van der Waals surface area (Å²) in [6, 6.07) is 20.6. The summed E-state index contributed by atoms with van der Waals surface area (Å²) in [5.41, 5.74) is 2.82. The van der Waals surface area contributed by atoms with Crippen molar-refractivity contribution in [2.75, 3.05) is 29.6 Å². The number of anilines is 3.